The van der Waals surface area contributed by atoms with Crippen LogP contribution in [0.4, 0.5) is 4.79 Å². The highest BCUT2D eigenvalue weighted by Crippen LogP contribution is 2.14. The fourth-order valence-corrected chi connectivity index (χ4v) is 2.01. The second-order valence-electron chi connectivity index (χ2n) is 4.79. The molecule has 18 heavy (non-hydrogen) atoms. The van der Waals surface area contributed by atoms with E-state index in [1.807, 2.05) is 6.92 Å². The van der Waals surface area contributed by atoms with E-state index in [0.29, 0.717) is 0 Å². The third-order valence-electron chi connectivity index (χ3n) is 3.39. The van der Waals surface area contributed by atoms with Gasteiger partial charge in [0.15, 0.2) is 0 Å². The number of nitrogens with zero attached hydrogens (tertiary/aromatic N) is 1. The van der Waals surface area contributed by atoms with Gasteiger partial charge in [-0.2, -0.15) is 0 Å². The lowest BCUT2D eigenvalue weighted by Crippen LogP contribution is -2.49. The smallest absolute Gasteiger partial charge is 0.317 e. The largest absolute Gasteiger partial charge is 0.481 e. The molecule has 1 aliphatic rings. The van der Waals surface area contributed by atoms with Crippen molar-refractivity contribution < 1.29 is 19.4 Å². The fourth-order valence-electron chi connectivity index (χ4n) is 2.01. The van der Waals surface area contributed by atoms with Gasteiger partial charge < -0.3 is 20.1 Å². The number of rotatable bonds is 5. The summed E-state index contributed by atoms with van der Waals surface area (Å²) in [6.07, 6.45) is 1.93. The van der Waals surface area contributed by atoms with Crippen molar-refractivity contribution in [3.05, 3.63) is 0 Å². The Morgan fingerprint density at radius 3 is 2.72 bits per heavy atom. The Balaban J connectivity index is 2.51. The van der Waals surface area contributed by atoms with Gasteiger partial charge in [0.2, 0.25) is 0 Å². The molecule has 1 rings (SSSR count). The summed E-state index contributed by atoms with van der Waals surface area (Å²) in [5.74, 6) is -1.58. The quantitative estimate of drug-likeness (QED) is 0.768. The van der Waals surface area contributed by atoms with Crippen molar-refractivity contribution in [2.24, 2.45) is 5.92 Å². The molecular weight excluding hydrogens is 236 g/mol. The lowest BCUT2D eigenvalue weighted by atomic mass is 10.0. The summed E-state index contributed by atoms with van der Waals surface area (Å²) in [7, 11) is 1.72. The van der Waals surface area contributed by atoms with Crippen LogP contribution in [0.2, 0.25) is 0 Å². The van der Waals surface area contributed by atoms with Crippen molar-refractivity contribution in [2.45, 2.75) is 38.8 Å². The van der Waals surface area contributed by atoms with Gasteiger partial charge in [0.05, 0.1) is 19.3 Å². The Labute approximate surface area is 107 Å². The maximum absolute atomic E-state index is 11.9. The molecule has 3 unspecified atom stereocenters. The van der Waals surface area contributed by atoms with E-state index in [0.717, 1.165) is 12.8 Å². The van der Waals surface area contributed by atoms with Crippen LogP contribution >= 0.6 is 0 Å². The molecule has 0 aromatic heterocycles. The summed E-state index contributed by atoms with van der Waals surface area (Å²) < 4.78 is 5.11. The Morgan fingerprint density at radius 2 is 2.17 bits per heavy atom. The molecule has 2 N–H and O–H groups in total. The van der Waals surface area contributed by atoms with Crippen LogP contribution in [0.1, 0.15) is 26.7 Å². The predicted octanol–water partition coefficient (Wildman–Crippen LogP) is 0.916. The van der Waals surface area contributed by atoms with Crippen LogP contribution < -0.4 is 5.32 Å². The number of carboxylic acids is 1. The average Bonchev–Trinajstić information content (AvgIpc) is 2.76. The van der Waals surface area contributed by atoms with E-state index < -0.39 is 17.9 Å². The third kappa shape index (κ3) is 3.60. The molecule has 1 heterocycles. The number of amides is 2. The zero-order chi connectivity index (χ0) is 13.7. The predicted molar refractivity (Wildman–Crippen MR) is 66.4 cm³/mol. The van der Waals surface area contributed by atoms with Crippen molar-refractivity contribution >= 4 is 12.0 Å². The van der Waals surface area contributed by atoms with Gasteiger partial charge in [0.25, 0.3) is 0 Å². The van der Waals surface area contributed by atoms with Gasteiger partial charge in [-0.25, -0.2) is 4.79 Å². The molecule has 3 atom stereocenters. The number of hydrogen-bond acceptors (Lipinski definition) is 3. The van der Waals surface area contributed by atoms with E-state index in [9.17, 15) is 9.59 Å². The maximum atomic E-state index is 11.9. The van der Waals surface area contributed by atoms with E-state index in [1.54, 1.807) is 11.9 Å². The molecule has 1 fully saturated rings. The highest BCUT2D eigenvalue weighted by atomic mass is 16.5. The van der Waals surface area contributed by atoms with Gasteiger partial charge in [-0.3, -0.25) is 4.79 Å². The average molecular weight is 258 g/mol. The van der Waals surface area contributed by atoms with Crippen LogP contribution in [0, 0.1) is 5.92 Å². The van der Waals surface area contributed by atoms with Crippen molar-refractivity contribution in [1.82, 2.24) is 10.2 Å². The maximum Gasteiger partial charge on any atom is 0.317 e. The molecule has 6 nitrogen and oxygen atoms in total. The zero-order valence-corrected chi connectivity index (χ0v) is 11.2. The SMILES string of the molecule is CCCC(C)N(C)C(=O)NC1COCC1C(=O)O. The van der Waals surface area contributed by atoms with Gasteiger partial charge in [-0.1, -0.05) is 13.3 Å². The summed E-state index contributed by atoms with van der Waals surface area (Å²) in [6, 6.07) is -0.537. The summed E-state index contributed by atoms with van der Waals surface area (Å²) in [5, 5.41) is 11.7. The number of carbonyl (C=O) groups excluding carboxylic acids is 1. The molecule has 1 aliphatic heterocycles. The lowest BCUT2D eigenvalue weighted by Gasteiger charge is -2.27. The first-order chi connectivity index (χ1) is 8.47. The molecule has 0 spiro atoms. The molecule has 6 heteroatoms. The minimum absolute atomic E-state index is 0.139. The van der Waals surface area contributed by atoms with E-state index in [2.05, 4.69) is 12.2 Å². The van der Waals surface area contributed by atoms with Gasteiger partial charge in [0, 0.05) is 13.1 Å². The number of carbonyl (C=O) groups is 2. The second kappa shape index (κ2) is 6.58. The Bertz CT molecular complexity index is 308. The van der Waals surface area contributed by atoms with E-state index in [4.69, 9.17) is 9.84 Å². The Morgan fingerprint density at radius 1 is 1.50 bits per heavy atom. The molecule has 0 saturated carbocycles. The van der Waals surface area contributed by atoms with Gasteiger partial charge in [-0.05, 0) is 13.3 Å². The van der Waals surface area contributed by atoms with Crippen molar-refractivity contribution in [3.63, 3.8) is 0 Å². The van der Waals surface area contributed by atoms with Gasteiger partial charge in [-0.15, -0.1) is 0 Å². The van der Waals surface area contributed by atoms with Crippen LogP contribution in [-0.4, -0.2) is 54.4 Å². The van der Waals surface area contributed by atoms with Crippen LogP contribution in [0.5, 0.6) is 0 Å². The number of urea groups is 1. The first-order valence-electron chi connectivity index (χ1n) is 6.31. The normalized spacial score (nSPS) is 24.6. The molecule has 104 valence electrons. The topological polar surface area (TPSA) is 78.9 Å². The number of aliphatic carboxylic acids is 1. The summed E-state index contributed by atoms with van der Waals surface area (Å²) in [6.45, 7) is 4.46. The molecule has 0 aromatic rings. The minimum Gasteiger partial charge on any atom is -0.481 e. The lowest BCUT2D eigenvalue weighted by molar-refractivity contribution is -0.142. The van der Waals surface area contributed by atoms with Gasteiger partial charge >= 0.3 is 12.0 Å². The van der Waals surface area contributed by atoms with Crippen LogP contribution in [0.15, 0.2) is 0 Å². The van der Waals surface area contributed by atoms with Crippen molar-refractivity contribution in [3.8, 4) is 0 Å². The molecule has 0 radical (unpaired) electrons. The number of ether oxygens (including phenoxy) is 1. The Hall–Kier alpha value is -1.30. The second-order valence-corrected chi connectivity index (χ2v) is 4.79. The van der Waals surface area contributed by atoms with E-state index in [-0.39, 0.29) is 25.3 Å². The number of hydrogen-bond donors (Lipinski definition) is 2. The van der Waals surface area contributed by atoms with Crippen molar-refractivity contribution in [1.29, 1.82) is 0 Å². The minimum atomic E-state index is -0.929. The summed E-state index contributed by atoms with van der Waals surface area (Å²) in [5.41, 5.74) is 0. The molecule has 1 saturated heterocycles. The summed E-state index contributed by atoms with van der Waals surface area (Å²) in [4.78, 5) is 24.5. The van der Waals surface area contributed by atoms with Crippen LogP contribution in [0.25, 0.3) is 0 Å². The molecule has 0 bridgehead atoms. The molecule has 0 aromatic carbocycles. The first-order valence-corrected chi connectivity index (χ1v) is 6.31. The Kier molecular flexibility index (Phi) is 5.40. The fraction of sp³-hybridized carbons (Fsp3) is 0.833. The summed E-state index contributed by atoms with van der Waals surface area (Å²) >= 11 is 0. The highest BCUT2D eigenvalue weighted by molar-refractivity contribution is 5.77. The van der Waals surface area contributed by atoms with Gasteiger partial charge in [0.1, 0.15) is 5.92 Å². The highest BCUT2D eigenvalue weighted by Gasteiger charge is 2.35. The molecule has 0 aliphatic carbocycles. The third-order valence-corrected chi connectivity index (χ3v) is 3.39. The van der Waals surface area contributed by atoms with Crippen LogP contribution in [0.3, 0.4) is 0 Å². The van der Waals surface area contributed by atoms with Crippen molar-refractivity contribution in [2.75, 3.05) is 20.3 Å². The van der Waals surface area contributed by atoms with Crippen LogP contribution in [-0.2, 0) is 9.53 Å². The number of nitrogens with one attached hydrogen (secondary N) is 1. The molecule has 2 amide bonds. The monoisotopic (exact) mass is 258 g/mol. The first kappa shape index (κ1) is 14.8. The van der Waals surface area contributed by atoms with E-state index in [1.165, 1.54) is 0 Å². The van der Waals surface area contributed by atoms with E-state index >= 15 is 0 Å². The standard InChI is InChI=1S/C12H22N2O4/c1-4-5-8(2)14(3)12(17)13-10-7-18-6-9(10)11(15)16/h8-10H,4-7H2,1-3H3,(H,13,17)(H,15,16). The molecular formula is C12H22N2O4. The number of carboxylic acid groups (broad SMARTS) is 1. The zero-order valence-electron chi connectivity index (χ0n) is 11.2.